The van der Waals surface area contributed by atoms with Crippen LogP contribution in [0, 0.1) is 5.92 Å². The molecule has 0 aromatic rings. The predicted octanol–water partition coefficient (Wildman–Crippen LogP) is 2.04. The molecule has 0 amide bonds. The molecular formula is C19H35N3O3. The fraction of sp³-hybridized carbons (Fsp3) is 0.947. The number of rotatable bonds is 9. The summed E-state index contributed by atoms with van der Waals surface area (Å²) in [6.45, 7) is 9.08. The summed E-state index contributed by atoms with van der Waals surface area (Å²) in [6, 6.07) is 0. The molecule has 6 nitrogen and oxygen atoms in total. The van der Waals surface area contributed by atoms with Crippen molar-refractivity contribution in [3.63, 3.8) is 0 Å². The van der Waals surface area contributed by atoms with Gasteiger partial charge in [0.15, 0.2) is 5.96 Å². The first kappa shape index (κ1) is 18.9. The molecule has 2 heterocycles. The van der Waals surface area contributed by atoms with Gasteiger partial charge in [0.25, 0.3) is 0 Å². The first-order valence-corrected chi connectivity index (χ1v) is 10.2. The van der Waals surface area contributed by atoms with Gasteiger partial charge in [-0.05, 0) is 51.4 Å². The monoisotopic (exact) mass is 353 g/mol. The highest BCUT2D eigenvalue weighted by Crippen LogP contribution is 2.28. The summed E-state index contributed by atoms with van der Waals surface area (Å²) >= 11 is 0. The largest absolute Gasteiger partial charge is 0.379 e. The third-order valence-corrected chi connectivity index (χ3v) is 5.17. The first-order valence-electron chi connectivity index (χ1n) is 10.2. The van der Waals surface area contributed by atoms with Gasteiger partial charge in [0.1, 0.15) is 0 Å². The molecule has 0 bridgehead atoms. The van der Waals surface area contributed by atoms with E-state index >= 15 is 0 Å². The van der Waals surface area contributed by atoms with E-state index in [0.29, 0.717) is 12.2 Å². The van der Waals surface area contributed by atoms with Gasteiger partial charge in [-0.1, -0.05) is 0 Å². The minimum atomic E-state index is 0.326. The quantitative estimate of drug-likeness (QED) is 0.391. The van der Waals surface area contributed by atoms with E-state index in [1.54, 1.807) is 0 Å². The summed E-state index contributed by atoms with van der Waals surface area (Å²) in [7, 11) is 0. The lowest BCUT2D eigenvalue weighted by Gasteiger charge is -2.34. The summed E-state index contributed by atoms with van der Waals surface area (Å²) in [5.74, 6) is 1.85. The minimum Gasteiger partial charge on any atom is -0.379 e. The SMILES string of the molecule is CCNC(=NCCOCC1CC1)N1CCC(OCC2CCCO2)CC1. The zero-order chi connectivity index (χ0) is 17.3. The second kappa shape index (κ2) is 10.3. The van der Waals surface area contributed by atoms with Crippen LogP contribution < -0.4 is 5.32 Å². The normalized spacial score (nSPS) is 25.6. The third kappa shape index (κ3) is 6.76. The van der Waals surface area contributed by atoms with Gasteiger partial charge in [0.05, 0.1) is 32.0 Å². The highest BCUT2D eigenvalue weighted by Gasteiger charge is 2.24. The van der Waals surface area contributed by atoms with Crippen LogP contribution in [0.1, 0.15) is 45.4 Å². The van der Waals surface area contributed by atoms with E-state index in [9.17, 15) is 0 Å². The molecule has 1 atom stereocenters. The molecule has 3 rings (SSSR count). The lowest BCUT2D eigenvalue weighted by Crippen LogP contribution is -2.47. The predicted molar refractivity (Wildman–Crippen MR) is 99.0 cm³/mol. The van der Waals surface area contributed by atoms with Crippen molar-refractivity contribution >= 4 is 5.96 Å². The number of hydrogen-bond acceptors (Lipinski definition) is 4. The lowest BCUT2D eigenvalue weighted by atomic mass is 10.1. The summed E-state index contributed by atoms with van der Waals surface area (Å²) in [5, 5.41) is 3.42. The maximum atomic E-state index is 6.06. The number of likely N-dealkylation sites (tertiary alicyclic amines) is 1. The molecule has 3 aliphatic rings. The van der Waals surface area contributed by atoms with Gasteiger partial charge in [-0.15, -0.1) is 0 Å². The van der Waals surface area contributed by atoms with Crippen LogP contribution in [0.4, 0.5) is 0 Å². The number of nitrogens with zero attached hydrogens (tertiary/aromatic N) is 2. The molecule has 144 valence electrons. The van der Waals surface area contributed by atoms with E-state index in [4.69, 9.17) is 19.2 Å². The second-order valence-corrected chi connectivity index (χ2v) is 7.41. The fourth-order valence-electron chi connectivity index (χ4n) is 3.43. The van der Waals surface area contributed by atoms with Gasteiger partial charge in [-0.2, -0.15) is 0 Å². The van der Waals surface area contributed by atoms with Crippen LogP contribution in [-0.4, -0.2) is 75.7 Å². The van der Waals surface area contributed by atoms with Crippen molar-refractivity contribution in [2.75, 3.05) is 52.6 Å². The van der Waals surface area contributed by atoms with Gasteiger partial charge >= 0.3 is 0 Å². The molecular weight excluding hydrogens is 318 g/mol. The van der Waals surface area contributed by atoms with Crippen molar-refractivity contribution < 1.29 is 14.2 Å². The van der Waals surface area contributed by atoms with E-state index in [1.807, 2.05) is 0 Å². The highest BCUT2D eigenvalue weighted by molar-refractivity contribution is 5.80. The van der Waals surface area contributed by atoms with E-state index in [1.165, 1.54) is 19.3 Å². The molecule has 2 aliphatic heterocycles. The topological polar surface area (TPSA) is 55.3 Å². The number of guanidine groups is 1. The Labute approximate surface area is 152 Å². The molecule has 1 aliphatic carbocycles. The second-order valence-electron chi connectivity index (χ2n) is 7.41. The average Bonchev–Trinajstić information content (AvgIpc) is 3.31. The van der Waals surface area contributed by atoms with Crippen molar-refractivity contribution in [2.24, 2.45) is 10.9 Å². The maximum Gasteiger partial charge on any atom is 0.193 e. The van der Waals surface area contributed by atoms with Crippen molar-refractivity contribution in [1.29, 1.82) is 0 Å². The van der Waals surface area contributed by atoms with Crippen molar-refractivity contribution in [2.45, 2.75) is 57.7 Å². The number of aliphatic imine (C=N–C) groups is 1. The average molecular weight is 354 g/mol. The minimum absolute atomic E-state index is 0.326. The van der Waals surface area contributed by atoms with Gasteiger partial charge in [-0.3, -0.25) is 4.99 Å². The molecule has 0 radical (unpaired) electrons. The van der Waals surface area contributed by atoms with Crippen LogP contribution in [0.3, 0.4) is 0 Å². The Hall–Kier alpha value is -0.850. The Balaban J connectivity index is 1.33. The van der Waals surface area contributed by atoms with Gasteiger partial charge in [0, 0.05) is 32.8 Å². The summed E-state index contributed by atoms with van der Waals surface area (Å²) in [5.41, 5.74) is 0. The van der Waals surface area contributed by atoms with Gasteiger partial charge in [0.2, 0.25) is 0 Å². The Bertz CT molecular complexity index is 401. The standard InChI is InChI=1S/C19H35N3O3/c1-2-20-19(21-9-13-23-14-16-5-6-16)22-10-7-17(8-11-22)25-15-18-4-3-12-24-18/h16-18H,2-15H2,1H3,(H,20,21). The van der Waals surface area contributed by atoms with Crippen LogP contribution in [0.15, 0.2) is 4.99 Å². The van der Waals surface area contributed by atoms with Crippen molar-refractivity contribution in [3.05, 3.63) is 0 Å². The van der Waals surface area contributed by atoms with Crippen LogP contribution in [0.5, 0.6) is 0 Å². The van der Waals surface area contributed by atoms with Crippen LogP contribution >= 0.6 is 0 Å². The van der Waals surface area contributed by atoms with Crippen LogP contribution in [0.25, 0.3) is 0 Å². The number of hydrogen-bond donors (Lipinski definition) is 1. The molecule has 3 fully saturated rings. The van der Waals surface area contributed by atoms with E-state index in [0.717, 1.165) is 83.7 Å². The highest BCUT2D eigenvalue weighted by atomic mass is 16.5. The van der Waals surface area contributed by atoms with E-state index < -0.39 is 0 Å². The molecule has 0 spiro atoms. The Morgan fingerprint density at radius 1 is 1.16 bits per heavy atom. The Morgan fingerprint density at radius 2 is 2.00 bits per heavy atom. The molecule has 1 N–H and O–H groups in total. The number of ether oxygens (including phenoxy) is 3. The van der Waals surface area contributed by atoms with E-state index in [2.05, 4.69) is 17.1 Å². The fourth-order valence-corrected chi connectivity index (χ4v) is 3.43. The summed E-state index contributed by atoms with van der Waals surface area (Å²) < 4.78 is 17.4. The summed E-state index contributed by atoms with van der Waals surface area (Å²) in [6.07, 6.45) is 7.84. The van der Waals surface area contributed by atoms with Crippen LogP contribution in [-0.2, 0) is 14.2 Å². The smallest absolute Gasteiger partial charge is 0.193 e. The molecule has 6 heteroatoms. The molecule has 25 heavy (non-hydrogen) atoms. The first-order chi connectivity index (χ1) is 12.3. The molecule has 1 unspecified atom stereocenters. The third-order valence-electron chi connectivity index (χ3n) is 5.17. The number of nitrogens with one attached hydrogen (secondary N) is 1. The Kier molecular flexibility index (Phi) is 7.82. The molecule has 1 saturated carbocycles. The van der Waals surface area contributed by atoms with Crippen LogP contribution in [0.2, 0.25) is 0 Å². The molecule has 0 aromatic heterocycles. The summed E-state index contributed by atoms with van der Waals surface area (Å²) in [4.78, 5) is 7.09. The zero-order valence-electron chi connectivity index (χ0n) is 15.8. The zero-order valence-corrected chi connectivity index (χ0v) is 15.8. The Morgan fingerprint density at radius 3 is 2.68 bits per heavy atom. The molecule has 0 aromatic carbocycles. The lowest BCUT2D eigenvalue weighted by molar-refractivity contribution is -0.0367. The van der Waals surface area contributed by atoms with Crippen molar-refractivity contribution in [3.8, 4) is 0 Å². The van der Waals surface area contributed by atoms with Gasteiger partial charge < -0.3 is 24.4 Å². The van der Waals surface area contributed by atoms with Gasteiger partial charge in [-0.25, -0.2) is 0 Å². The molecule has 2 saturated heterocycles. The van der Waals surface area contributed by atoms with Crippen molar-refractivity contribution in [1.82, 2.24) is 10.2 Å². The number of piperidine rings is 1. The van der Waals surface area contributed by atoms with E-state index in [-0.39, 0.29) is 0 Å². The maximum absolute atomic E-state index is 6.06.